The SMILES string of the molecule is CC(=O)c1c(C2CC3CCC(C2)N3)nc2c(-c3ccc(-c4ccccc4)nc3)cnn2c1N. The largest absolute Gasteiger partial charge is 0.383 e. The van der Waals surface area contributed by atoms with Gasteiger partial charge in [0.15, 0.2) is 11.4 Å². The number of Topliss-reactive ketones (excluding diaryl/α,β-unsaturated/α-hetero) is 1. The number of benzene rings is 1. The van der Waals surface area contributed by atoms with Crippen molar-refractivity contribution in [3.8, 4) is 22.4 Å². The van der Waals surface area contributed by atoms with Crippen molar-refractivity contribution < 1.29 is 4.79 Å². The highest BCUT2D eigenvalue weighted by atomic mass is 16.1. The Kier molecular flexibility index (Phi) is 4.73. The maximum absolute atomic E-state index is 12.6. The molecule has 166 valence electrons. The molecule has 0 aliphatic carbocycles. The van der Waals surface area contributed by atoms with Crippen LogP contribution in [0.4, 0.5) is 5.82 Å². The average Bonchev–Trinajstić information content (AvgIpc) is 3.42. The molecule has 33 heavy (non-hydrogen) atoms. The number of nitrogens with one attached hydrogen (secondary N) is 1. The summed E-state index contributed by atoms with van der Waals surface area (Å²) in [6, 6.07) is 15.1. The van der Waals surface area contributed by atoms with Gasteiger partial charge in [0.25, 0.3) is 0 Å². The van der Waals surface area contributed by atoms with Crippen molar-refractivity contribution in [1.29, 1.82) is 0 Å². The van der Waals surface area contributed by atoms with Crippen LogP contribution in [0.15, 0.2) is 54.9 Å². The van der Waals surface area contributed by atoms with Gasteiger partial charge in [-0.15, -0.1) is 0 Å². The second kappa shape index (κ2) is 7.78. The normalized spacial score (nSPS) is 22.0. The van der Waals surface area contributed by atoms with E-state index in [4.69, 9.17) is 10.7 Å². The van der Waals surface area contributed by atoms with Gasteiger partial charge in [-0.3, -0.25) is 9.78 Å². The summed E-state index contributed by atoms with van der Waals surface area (Å²) in [7, 11) is 0. The number of fused-ring (bicyclic) bond motifs is 3. The number of carbonyl (C=O) groups excluding carboxylic acids is 1. The van der Waals surface area contributed by atoms with Gasteiger partial charge in [0.1, 0.15) is 5.82 Å². The summed E-state index contributed by atoms with van der Waals surface area (Å²) < 4.78 is 1.59. The van der Waals surface area contributed by atoms with Crippen LogP contribution in [0.2, 0.25) is 0 Å². The zero-order valence-corrected chi connectivity index (χ0v) is 18.5. The highest BCUT2D eigenvalue weighted by molar-refractivity contribution is 6.00. The summed E-state index contributed by atoms with van der Waals surface area (Å²) in [5, 5.41) is 8.16. The summed E-state index contributed by atoms with van der Waals surface area (Å²) >= 11 is 0. The molecular formula is C26H26N6O. The van der Waals surface area contributed by atoms with Crippen LogP contribution in [0, 0.1) is 0 Å². The number of hydrogen-bond acceptors (Lipinski definition) is 6. The van der Waals surface area contributed by atoms with Crippen LogP contribution in [0.5, 0.6) is 0 Å². The van der Waals surface area contributed by atoms with E-state index in [2.05, 4.69) is 15.4 Å². The molecule has 6 rings (SSSR count). The van der Waals surface area contributed by atoms with Crippen molar-refractivity contribution >= 4 is 17.2 Å². The van der Waals surface area contributed by atoms with Crippen LogP contribution in [-0.4, -0.2) is 37.4 Å². The molecule has 2 saturated heterocycles. The minimum Gasteiger partial charge on any atom is -0.383 e. The van der Waals surface area contributed by atoms with Gasteiger partial charge in [0.2, 0.25) is 0 Å². The molecule has 7 nitrogen and oxygen atoms in total. The monoisotopic (exact) mass is 438 g/mol. The van der Waals surface area contributed by atoms with E-state index in [1.54, 1.807) is 17.6 Å². The van der Waals surface area contributed by atoms with Crippen LogP contribution in [-0.2, 0) is 0 Å². The van der Waals surface area contributed by atoms with Crippen LogP contribution in [0.1, 0.15) is 54.6 Å². The van der Waals surface area contributed by atoms with Crippen LogP contribution < -0.4 is 11.1 Å². The Morgan fingerprint density at radius 1 is 1.03 bits per heavy atom. The summed E-state index contributed by atoms with van der Waals surface area (Å²) in [4.78, 5) is 22.3. The van der Waals surface area contributed by atoms with Gasteiger partial charge >= 0.3 is 0 Å². The molecule has 0 amide bonds. The topological polar surface area (TPSA) is 98.2 Å². The third-order valence-corrected chi connectivity index (χ3v) is 7.07. The molecule has 0 radical (unpaired) electrons. The molecule has 0 saturated carbocycles. The molecule has 5 heterocycles. The standard InChI is InChI=1S/C26H26N6O/c1-15(33)23-24(18-11-19-8-9-20(12-18)30-19)31-26-21(14-29-32(26)25(23)27)17-7-10-22(28-13-17)16-5-3-2-4-6-16/h2-7,10,13-14,18-20,30H,8-9,11-12,27H2,1H3. The number of pyridine rings is 1. The molecule has 3 N–H and O–H groups in total. The maximum atomic E-state index is 12.6. The Morgan fingerprint density at radius 3 is 2.45 bits per heavy atom. The fraction of sp³-hybridized carbons (Fsp3) is 0.308. The van der Waals surface area contributed by atoms with E-state index in [1.807, 2.05) is 48.7 Å². The smallest absolute Gasteiger partial charge is 0.165 e. The fourth-order valence-corrected chi connectivity index (χ4v) is 5.51. The first-order chi connectivity index (χ1) is 16.1. The van der Waals surface area contributed by atoms with E-state index in [1.165, 1.54) is 12.8 Å². The number of nitrogens with two attached hydrogens (primary N) is 1. The number of hydrogen-bond donors (Lipinski definition) is 2. The fourth-order valence-electron chi connectivity index (χ4n) is 5.51. The first kappa shape index (κ1) is 20.1. The number of nitrogens with zero attached hydrogens (tertiary/aromatic N) is 4. The first-order valence-electron chi connectivity index (χ1n) is 11.5. The van der Waals surface area contributed by atoms with Crippen LogP contribution in [0.3, 0.4) is 0 Å². The molecule has 0 spiro atoms. The number of nitrogen functional groups attached to an aromatic ring is 1. The molecule has 2 unspecified atom stereocenters. The van der Waals surface area contributed by atoms with Crippen molar-refractivity contribution in [3.63, 3.8) is 0 Å². The highest BCUT2D eigenvalue weighted by Crippen LogP contribution is 2.40. The summed E-state index contributed by atoms with van der Waals surface area (Å²) in [6.45, 7) is 1.56. The first-order valence-corrected chi connectivity index (χ1v) is 11.5. The van der Waals surface area contributed by atoms with Gasteiger partial charge in [0, 0.05) is 40.9 Å². The summed E-state index contributed by atoms with van der Waals surface area (Å²) in [6.07, 6.45) is 7.95. The lowest BCUT2D eigenvalue weighted by atomic mass is 9.86. The second-order valence-electron chi connectivity index (χ2n) is 9.21. The molecule has 1 aromatic carbocycles. The van der Waals surface area contributed by atoms with Crippen molar-refractivity contribution in [1.82, 2.24) is 24.9 Å². The maximum Gasteiger partial charge on any atom is 0.165 e. The molecule has 3 aromatic heterocycles. The van der Waals surface area contributed by atoms with E-state index in [0.29, 0.717) is 29.1 Å². The average molecular weight is 439 g/mol. The Bertz CT molecular complexity index is 1330. The Hall–Kier alpha value is -3.58. The van der Waals surface area contributed by atoms with Crippen molar-refractivity contribution in [2.24, 2.45) is 0 Å². The van der Waals surface area contributed by atoms with E-state index < -0.39 is 0 Å². The third kappa shape index (κ3) is 3.40. The Balaban J connectivity index is 1.45. The molecule has 2 aliphatic rings. The number of aromatic nitrogens is 4. The van der Waals surface area contributed by atoms with Crippen molar-refractivity contribution in [2.75, 3.05) is 5.73 Å². The number of carbonyl (C=O) groups is 1. The van der Waals surface area contributed by atoms with Gasteiger partial charge < -0.3 is 11.1 Å². The zero-order chi connectivity index (χ0) is 22.5. The number of ketones is 1. The molecule has 7 heteroatoms. The second-order valence-corrected chi connectivity index (χ2v) is 9.21. The van der Waals surface area contributed by atoms with Crippen LogP contribution >= 0.6 is 0 Å². The van der Waals surface area contributed by atoms with Gasteiger partial charge in [0.05, 0.1) is 23.1 Å². The van der Waals surface area contributed by atoms with E-state index in [9.17, 15) is 4.79 Å². The third-order valence-electron chi connectivity index (χ3n) is 7.07. The molecule has 2 bridgehead atoms. The van der Waals surface area contributed by atoms with Crippen molar-refractivity contribution in [3.05, 3.63) is 66.1 Å². The molecular weight excluding hydrogens is 412 g/mol. The number of rotatable bonds is 4. The Labute approximate surface area is 192 Å². The molecule has 2 atom stereocenters. The predicted octanol–water partition coefficient (Wildman–Crippen LogP) is 4.24. The predicted molar refractivity (Wildman–Crippen MR) is 128 cm³/mol. The van der Waals surface area contributed by atoms with E-state index in [-0.39, 0.29) is 11.7 Å². The lowest BCUT2D eigenvalue weighted by Crippen LogP contribution is -2.38. The molecule has 2 fully saturated rings. The summed E-state index contributed by atoms with van der Waals surface area (Å²) in [5.74, 6) is 0.526. The minimum atomic E-state index is -0.0614. The van der Waals surface area contributed by atoms with E-state index >= 15 is 0 Å². The van der Waals surface area contributed by atoms with Gasteiger partial charge in [-0.1, -0.05) is 36.4 Å². The van der Waals surface area contributed by atoms with Gasteiger partial charge in [-0.25, -0.2) is 4.98 Å². The van der Waals surface area contributed by atoms with Crippen LogP contribution in [0.25, 0.3) is 28.0 Å². The lowest BCUT2D eigenvalue weighted by Gasteiger charge is -2.30. The molecule has 2 aliphatic heterocycles. The van der Waals surface area contributed by atoms with Crippen molar-refractivity contribution in [2.45, 2.75) is 50.6 Å². The quantitative estimate of drug-likeness (QED) is 0.463. The summed E-state index contributed by atoms with van der Waals surface area (Å²) in [5.41, 5.74) is 12.3. The minimum absolute atomic E-state index is 0.0614. The number of anilines is 1. The Morgan fingerprint density at radius 2 is 1.79 bits per heavy atom. The van der Waals surface area contributed by atoms with Gasteiger partial charge in [-0.05, 0) is 38.7 Å². The number of piperidine rings is 1. The zero-order valence-electron chi connectivity index (χ0n) is 18.5. The lowest BCUT2D eigenvalue weighted by molar-refractivity contribution is 0.101. The molecule has 4 aromatic rings. The highest BCUT2D eigenvalue weighted by Gasteiger charge is 2.37. The van der Waals surface area contributed by atoms with E-state index in [0.717, 1.165) is 40.9 Å². The van der Waals surface area contributed by atoms with Gasteiger partial charge in [-0.2, -0.15) is 9.61 Å².